The minimum atomic E-state index is 0.629. The van der Waals surface area contributed by atoms with E-state index in [2.05, 4.69) is 31.4 Å². The van der Waals surface area contributed by atoms with E-state index in [1.165, 1.54) is 0 Å². The van der Waals surface area contributed by atoms with E-state index in [4.69, 9.17) is 19.9 Å². The number of rotatable bonds is 7. The molecule has 0 atom stereocenters. The first-order valence-corrected chi connectivity index (χ1v) is 12.0. The van der Waals surface area contributed by atoms with Crippen LogP contribution in [-0.4, -0.2) is 19.9 Å². The predicted molar refractivity (Wildman–Crippen MR) is 154 cm³/mol. The molecule has 0 unspecified atom stereocenters. The Morgan fingerprint density at radius 3 is 2.19 bits per heavy atom. The highest BCUT2D eigenvalue weighted by Crippen LogP contribution is 2.32. The SMILES string of the molecule is C=C/C=C\C(=C/C)c1cc(/C(C=C)=C/C=C\C)nc(-c2cc(C)nc3c2ccc2ccc(C)nc23)n1. The van der Waals surface area contributed by atoms with Crippen LogP contribution in [0.3, 0.4) is 0 Å². The molecule has 3 aromatic heterocycles. The van der Waals surface area contributed by atoms with Crippen molar-refractivity contribution in [3.63, 3.8) is 0 Å². The lowest BCUT2D eigenvalue weighted by molar-refractivity contribution is 1.13. The molecule has 4 rings (SSSR count). The van der Waals surface area contributed by atoms with Crippen molar-refractivity contribution >= 4 is 33.0 Å². The fourth-order valence-corrected chi connectivity index (χ4v) is 4.10. The molecular weight excluding hydrogens is 440 g/mol. The summed E-state index contributed by atoms with van der Waals surface area (Å²) in [5, 5.41) is 2.03. The summed E-state index contributed by atoms with van der Waals surface area (Å²) in [4.78, 5) is 19.7. The lowest BCUT2D eigenvalue weighted by Crippen LogP contribution is -2.01. The highest BCUT2D eigenvalue weighted by atomic mass is 14.9. The molecule has 1 aromatic carbocycles. The number of nitrogens with zero attached hydrogens (tertiary/aromatic N) is 4. The molecule has 4 aromatic rings. The van der Waals surface area contributed by atoms with E-state index in [0.29, 0.717) is 5.82 Å². The number of hydrogen-bond acceptors (Lipinski definition) is 4. The molecular formula is C32H30N4. The number of benzene rings is 1. The Bertz CT molecular complexity index is 1600. The Kier molecular flexibility index (Phi) is 7.45. The Hall–Kier alpha value is -4.44. The fourth-order valence-electron chi connectivity index (χ4n) is 4.10. The topological polar surface area (TPSA) is 51.6 Å². The van der Waals surface area contributed by atoms with Gasteiger partial charge in [0.2, 0.25) is 0 Å². The predicted octanol–water partition coefficient (Wildman–Crippen LogP) is 8.15. The summed E-state index contributed by atoms with van der Waals surface area (Å²) in [5.74, 6) is 0.629. The number of aromatic nitrogens is 4. The van der Waals surface area contributed by atoms with E-state index < -0.39 is 0 Å². The normalized spacial score (nSPS) is 12.8. The summed E-state index contributed by atoms with van der Waals surface area (Å²) in [6, 6.07) is 12.3. The van der Waals surface area contributed by atoms with Crippen LogP contribution in [0, 0.1) is 13.8 Å². The quantitative estimate of drug-likeness (QED) is 0.202. The monoisotopic (exact) mass is 470 g/mol. The second-order valence-corrected chi connectivity index (χ2v) is 8.45. The van der Waals surface area contributed by atoms with Crippen LogP contribution >= 0.6 is 0 Å². The molecule has 0 saturated carbocycles. The minimum absolute atomic E-state index is 0.629. The number of fused-ring (bicyclic) bond motifs is 3. The van der Waals surface area contributed by atoms with Gasteiger partial charge in [0.1, 0.15) is 0 Å². The number of pyridine rings is 2. The van der Waals surface area contributed by atoms with Crippen LogP contribution in [0.15, 0.2) is 98.2 Å². The van der Waals surface area contributed by atoms with Crippen molar-refractivity contribution in [1.82, 2.24) is 19.9 Å². The van der Waals surface area contributed by atoms with Crippen molar-refractivity contribution in [2.75, 3.05) is 0 Å². The van der Waals surface area contributed by atoms with Crippen LogP contribution in [0.25, 0.3) is 44.3 Å². The highest BCUT2D eigenvalue weighted by molar-refractivity contribution is 6.07. The van der Waals surface area contributed by atoms with E-state index in [0.717, 1.165) is 61.3 Å². The number of hydrogen-bond donors (Lipinski definition) is 0. The molecule has 0 spiro atoms. The number of allylic oxidation sites excluding steroid dienone is 10. The Balaban J connectivity index is 2.07. The average molecular weight is 471 g/mol. The maximum absolute atomic E-state index is 5.02. The zero-order valence-corrected chi connectivity index (χ0v) is 21.3. The van der Waals surface area contributed by atoms with Crippen LogP contribution in [0.1, 0.15) is 36.6 Å². The Labute approximate surface area is 212 Å². The van der Waals surface area contributed by atoms with Gasteiger partial charge in [-0.3, -0.25) is 9.97 Å². The molecule has 3 heterocycles. The third kappa shape index (κ3) is 4.98. The van der Waals surface area contributed by atoms with E-state index in [1.807, 2.05) is 88.4 Å². The van der Waals surface area contributed by atoms with Gasteiger partial charge in [-0.05, 0) is 57.0 Å². The summed E-state index contributed by atoms with van der Waals surface area (Å²) in [7, 11) is 0. The smallest absolute Gasteiger partial charge is 0.161 e. The van der Waals surface area contributed by atoms with Gasteiger partial charge < -0.3 is 0 Å². The van der Waals surface area contributed by atoms with Crippen LogP contribution in [-0.2, 0) is 0 Å². The minimum Gasteiger partial charge on any atom is -0.251 e. The summed E-state index contributed by atoms with van der Waals surface area (Å²) in [5.41, 5.74) is 8.01. The summed E-state index contributed by atoms with van der Waals surface area (Å²) >= 11 is 0. The van der Waals surface area contributed by atoms with Crippen molar-refractivity contribution in [2.45, 2.75) is 27.7 Å². The summed E-state index contributed by atoms with van der Waals surface area (Å²) in [6.07, 6.45) is 15.5. The Morgan fingerprint density at radius 2 is 1.50 bits per heavy atom. The second kappa shape index (κ2) is 10.9. The maximum atomic E-state index is 5.02. The molecule has 4 heteroatoms. The van der Waals surface area contributed by atoms with Gasteiger partial charge in [0.15, 0.2) is 5.82 Å². The van der Waals surface area contributed by atoms with E-state index >= 15 is 0 Å². The molecule has 0 saturated heterocycles. The van der Waals surface area contributed by atoms with Crippen LogP contribution in [0.4, 0.5) is 0 Å². The molecule has 178 valence electrons. The molecule has 0 aliphatic carbocycles. The van der Waals surface area contributed by atoms with E-state index in [1.54, 1.807) is 6.08 Å². The van der Waals surface area contributed by atoms with Gasteiger partial charge in [0.05, 0.1) is 22.4 Å². The fraction of sp³-hybridized carbons (Fsp3) is 0.125. The molecule has 0 amide bonds. The summed E-state index contributed by atoms with van der Waals surface area (Å²) in [6.45, 7) is 15.8. The van der Waals surface area contributed by atoms with Crippen molar-refractivity contribution in [2.24, 2.45) is 0 Å². The molecule has 0 aliphatic heterocycles. The van der Waals surface area contributed by atoms with Gasteiger partial charge in [-0.2, -0.15) is 0 Å². The molecule has 0 aliphatic rings. The zero-order chi connectivity index (χ0) is 25.7. The first kappa shape index (κ1) is 24.7. The lowest BCUT2D eigenvalue weighted by Gasteiger charge is -2.13. The van der Waals surface area contributed by atoms with Gasteiger partial charge in [-0.1, -0.05) is 80.0 Å². The summed E-state index contributed by atoms with van der Waals surface area (Å²) < 4.78 is 0. The third-order valence-corrected chi connectivity index (χ3v) is 5.88. The van der Waals surface area contributed by atoms with Crippen molar-refractivity contribution in [3.8, 4) is 11.4 Å². The van der Waals surface area contributed by atoms with E-state index in [9.17, 15) is 0 Å². The van der Waals surface area contributed by atoms with Crippen molar-refractivity contribution in [1.29, 1.82) is 0 Å². The van der Waals surface area contributed by atoms with Crippen LogP contribution in [0.5, 0.6) is 0 Å². The highest BCUT2D eigenvalue weighted by Gasteiger charge is 2.16. The molecule has 4 nitrogen and oxygen atoms in total. The van der Waals surface area contributed by atoms with Gasteiger partial charge in [0.25, 0.3) is 0 Å². The molecule has 0 bridgehead atoms. The largest absolute Gasteiger partial charge is 0.251 e. The van der Waals surface area contributed by atoms with Gasteiger partial charge >= 0.3 is 0 Å². The van der Waals surface area contributed by atoms with Crippen LogP contribution in [0.2, 0.25) is 0 Å². The lowest BCUT2D eigenvalue weighted by atomic mass is 10.0. The average Bonchev–Trinajstić information content (AvgIpc) is 2.89. The Morgan fingerprint density at radius 1 is 0.778 bits per heavy atom. The first-order chi connectivity index (χ1) is 17.5. The zero-order valence-electron chi connectivity index (χ0n) is 21.3. The second-order valence-electron chi connectivity index (χ2n) is 8.45. The van der Waals surface area contributed by atoms with Crippen molar-refractivity contribution in [3.05, 3.63) is 121 Å². The number of aryl methyl sites for hydroxylation is 2. The molecule has 0 fully saturated rings. The standard InChI is InChI=1S/C32H30N4/c1-7-11-13-23(9-3)28-20-29(24(10-4)14-12-8-2)36-32(35-28)27-19-22(6)34-31-26(27)18-17-25-16-15-21(5)33-30(25)31/h7-20H,1,4H2,2-3,5-6H3/b12-8-,13-11-,23-9+,24-14+. The molecule has 36 heavy (non-hydrogen) atoms. The van der Waals surface area contributed by atoms with Gasteiger partial charge in [-0.25, -0.2) is 9.97 Å². The van der Waals surface area contributed by atoms with E-state index in [-0.39, 0.29) is 0 Å². The third-order valence-electron chi connectivity index (χ3n) is 5.88. The van der Waals surface area contributed by atoms with Crippen LogP contribution < -0.4 is 0 Å². The maximum Gasteiger partial charge on any atom is 0.161 e. The van der Waals surface area contributed by atoms with Gasteiger partial charge in [0, 0.05) is 27.7 Å². The molecule has 0 radical (unpaired) electrons. The molecule has 0 N–H and O–H groups in total. The first-order valence-electron chi connectivity index (χ1n) is 12.0. The van der Waals surface area contributed by atoms with Crippen molar-refractivity contribution < 1.29 is 0 Å². The van der Waals surface area contributed by atoms with Gasteiger partial charge in [-0.15, -0.1) is 0 Å².